The topological polar surface area (TPSA) is 115 Å². The van der Waals surface area contributed by atoms with Gasteiger partial charge in [0.2, 0.25) is 11.8 Å². The van der Waals surface area contributed by atoms with Crippen LogP contribution in [0.1, 0.15) is 76.7 Å². The van der Waals surface area contributed by atoms with Crippen LogP contribution in [0.15, 0.2) is 23.6 Å². The summed E-state index contributed by atoms with van der Waals surface area (Å²) < 4.78 is 5.27. The highest BCUT2D eigenvalue weighted by Crippen LogP contribution is 2.33. The van der Waals surface area contributed by atoms with Gasteiger partial charge in [0.25, 0.3) is 5.91 Å². The molecule has 0 unspecified atom stereocenters. The quantitative estimate of drug-likeness (QED) is 0.667. The lowest BCUT2D eigenvalue weighted by molar-refractivity contribution is -0.137. The van der Waals surface area contributed by atoms with E-state index in [9.17, 15) is 14.4 Å². The van der Waals surface area contributed by atoms with Crippen molar-refractivity contribution in [1.82, 2.24) is 9.88 Å². The molecule has 1 aliphatic heterocycles. The molecule has 0 spiro atoms. The molecule has 33 heavy (non-hydrogen) atoms. The van der Waals surface area contributed by atoms with Gasteiger partial charge in [-0.15, -0.1) is 11.3 Å². The summed E-state index contributed by atoms with van der Waals surface area (Å²) in [5, 5.41) is 5.43. The Bertz CT molecular complexity index is 1020. The second-order valence-electron chi connectivity index (χ2n) is 8.74. The molecule has 8 nitrogen and oxygen atoms in total. The van der Waals surface area contributed by atoms with Crippen LogP contribution >= 0.6 is 11.3 Å². The molecule has 1 aromatic heterocycles. The number of carbonyl (C=O) groups is 3. The first-order valence-electron chi connectivity index (χ1n) is 11.5. The van der Waals surface area contributed by atoms with Crippen LogP contribution in [-0.2, 0) is 4.79 Å². The molecule has 3 N–H and O–H groups in total. The number of ether oxygens (including phenoxy) is 1. The molecule has 9 heteroatoms. The average Bonchev–Trinajstić information content (AvgIpc) is 3.35. The van der Waals surface area contributed by atoms with Gasteiger partial charge in [-0.3, -0.25) is 14.4 Å². The summed E-state index contributed by atoms with van der Waals surface area (Å²) in [4.78, 5) is 43.7. The summed E-state index contributed by atoms with van der Waals surface area (Å²) in [6.07, 6.45) is 7.34. The fraction of sp³-hybridized carbons (Fsp3) is 0.500. The molecule has 1 aliphatic carbocycles. The number of hydrogen-bond acceptors (Lipinski definition) is 6. The van der Waals surface area contributed by atoms with Crippen LogP contribution in [0.3, 0.4) is 0 Å². The highest BCUT2D eigenvalue weighted by atomic mass is 32.1. The van der Waals surface area contributed by atoms with Crippen molar-refractivity contribution < 1.29 is 19.1 Å². The van der Waals surface area contributed by atoms with Crippen LogP contribution < -0.4 is 15.8 Å². The maximum Gasteiger partial charge on any atom is 0.275 e. The number of benzene rings is 1. The highest BCUT2D eigenvalue weighted by molar-refractivity contribution is 7.10. The first-order chi connectivity index (χ1) is 16.0. The second kappa shape index (κ2) is 10.3. The predicted octanol–water partition coefficient (Wildman–Crippen LogP) is 3.79. The summed E-state index contributed by atoms with van der Waals surface area (Å²) in [5.74, 6) is 0.244. The molecular weight excluding hydrogens is 440 g/mol. The van der Waals surface area contributed by atoms with Gasteiger partial charge in [-0.1, -0.05) is 19.3 Å². The molecule has 2 aliphatic rings. The number of nitrogens with zero attached hydrogens (tertiary/aromatic N) is 2. The number of likely N-dealkylation sites (tertiary alicyclic amines) is 1. The zero-order valence-corrected chi connectivity index (χ0v) is 19.7. The Labute approximate surface area is 197 Å². The molecule has 2 aromatic rings. The number of nitrogens with two attached hydrogens (primary N) is 1. The van der Waals surface area contributed by atoms with Crippen molar-refractivity contribution in [3.8, 4) is 5.75 Å². The number of anilines is 1. The smallest absolute Gasteiger partial charge is 0.275 e. The van der Waals surface area contributed by atoms with Crippen molar-refractivity contribution >= 4 is 34.7 Å². The maximum absolute atomic E-state index is 12.8. The van der Waals surface area contributed by atoms with E-state index in [2.05, 4.69) is 10.3 Å². The highest BCUT2D eigenvalue weighted by Gasteiger charge is 2.30. The molecule has 2 fully saturated rings. The van der Waals surface area contributed by atoms with Crippen LogP contribution in [0.4, 0.5) is 5.69 Å². The Kier molecular flexibility index (Phi) is 7.27. The molecule has 4 rings (SSSR count). The number of carbonyl (C=O) groups excluding carboxylic acids is 3. The van der Waals surface area contributed by atoms with Crippen molar-refractivity contribution in [2.24, 2.45) is 11.7 Å². The van der Waals surface area contributed by atoms with E-state index >= 15 is 0 Å². The van der Waals surface area contributed by atoms with Gasteiger partial charge >= 0.3 is 0 Å². The molecule has 1 saturated carbocycles. The average molecular weight is 471 g/mol. The number of amides is 3. The summed E-state index contributed by atoms with van der Waals surface area (Å²) >= 11 is 1.47. The van der Waals surface area contributed by atoms with Crippen molar-refractivity contribution in [2.45, 2.75) is 50.9 Å². The normalized spacial score (nSPS) is 17.5. The number of nitrogens with one attached hydrogen (secondary N) is 1. The maximum atomic E-state index is 12.8. The summed E-state index contributed by atoms with van der Waals surface area (Å²) in [5.41, 5.74) is 6.31. The van der Waals surface area contributed by atoms with Crippen molar-refractivity contribution in [3.63, 3.8) is 0 Å². The summed E-state index contributed by atoms with van der Waals surface area (Å²) in [6, 6.07) is 4.62. The van der Waals surface area contributed by atoms with E-state index < -0.39 is 5.91 Å². The first kappa shape index (κ1) is 23.2. The van der Waals surface area contributed by atoms with E-state index in [0.717, 1.165) is 56.6 Å². The summed E-state index contributed by atoms with van der Waals surface area (Å²) in [6.45, 7) is 1.50. The minimum Gasteiger partial charge on any atom is -0.495 e. The molecule has 176 valence electrons. The third-order valence-electron chi connectivity index (χ3n) is 6.60. The van der Waals surface area contributed by atoms with Crippen molar-refractivity contribution in [1.29, 1.82) is 0 Å². The van der Waals surface area contributed by atoms with E-state index in [4.69, 9.17) is 10.5 Å². The Morgan fingerprint density at radius 3 is 2.52 bits per heavy atom. The molecule has 0 atom stereocenters. The predicted molar refractivity (Wildman–Crippen MR) is 127 cm³/mol. The van der Waals surface area contributed by atoms with Crippen LogP contribution in [-0.4, -0.2) is 47.8 Å². The fourth-order valence-corrected chi connectivity index (χ4v) is 5.65. The van der Waals surface area contributed by atoms with Crippen molar-refractivity contribution in [2.75, 3.05) is 25.5 Å². The lowest BCUT2D eigenvalue weighted by Gasteiger charge is -2.34. The number of rotatable bonds is 6. The lowest BCUT2D eigenvalue weighted by Crippen LogP contribution is -2.41. The first-order valence-corrected chi connectivity index (χ1v) is 12.4. The Morgan fingerprint density at radius 1 is 1.12 bits per heavy atom. The molecule has 0 bridgehead atoms. The van der Waals surface area contributed by atoms with Gasteiger partial charge in [0.05, 0.1) is 17.8 Å². The third kappa shape index (κ3) is 5.35. The van der Waals surface area contributed by atoms with Gasteiger partial charge in [0.15, 0.2) is 0 Å². The van der Waals surface area contributed by atoms with Crippen LogP contribution in [0.25, 0.3) is 0 Å². The number of aromatic nitrogens is 1. The van der Waals surface area contributed by atoms with Gasteiger partial charge < -0.3 is 20.7 Å². The molecule has 3 amide bonds. The Balaban J connectivity index is 1.36. The van der Waals surface area contributed by atoms with E-state index in [0.29, 0.717) is 23.0 Å². The SMILES string of the molecule is COc1ccc(C(N)=O)cc1NC(=O)c1csc(C2CCN(C(=O)C3CCCCC3)CC2)n1. The standard InChI is InChI=1S/C24H30N4O4S/c1-32-20-8-7-17(21(25)29)13-18(20)26-22(30)19-14-33-23(27-19)15-9-11-28(12-10-15)24(31)16-5-3-2-4-6-16/h7-8,13-16H,2-6,9-12H2,1H3,(H2,25,29)(H,26,30). The van der Waals surface area contributed by atoms with E-state index in [1.54, 1.807) is 17.5 Å². The third-order valence-corrected chi connectivity index (χ3v) is 7.60. The Morgan fingerprint density at radius 2 is 1.85 bits per heavy atom. The molecule has 2 heterocycles. The largest absolute Gasteiger partial charge is 0.495 e. The van der Waals surface area contributed by atoms with E-state index in [1.165, 1.54) is 30.9 Å². The van der Waals surface area contributed by atoms with Gasteiger partial charge in [-0.25, -0.2) is 4.98 Å². The molecule has 1 aromatic carbocycles. The molecular formula is C24H30N4O4S. The zero-order chi connectivity index (χ0) is 23.4. The van der Waals surface area contributed by atoms with Gasteiger partial charge in [-0.2, -0.15) is 0 Å². The van der Waals surface area contributed by atoms with Gasteiger partial charge in [0.1, 0.15) is 11.4 Å². The van der Waals surface area contributed by atoms with E-state index in [1.807, 2.05) is 4.90 Å². The van der Waals surface area contributed by atoms with Crippen LogP contribution in [0, 0.1) is 5.92 Å². The molecule has 1 saturated heterocycles. The lowest BCUT2D eigenvalue weighted by atomic mass is 9.87. The fourth-order valence-electron chi connectivity index (χ4n) is 4.68. The summed E-state index contributed by atoms with van der Waals surface area (Å²) in [7, 11) is 1.49. The van der Waals surface area contributed by atoms with Gasteiger partial charge in [0, 0.05) is 35.9 Å². The number of hydrogen-bond donors (Lipinski definition) is 2. The van der Waals surface area contributed by atoms with Crippen molar-refractivity contribution in [3.05, 3.63) is 39.8 Å². The minimum absolute atomic E-state index is 0.204. The van der Waals surface area contributed by atoms with E-state index in [-0.39, 0.29) is 23.3 Å². The monoisotopic (exact) mass is 470 g/mol. The minimum atomic E-state index is -0.586. The van der Waals surface area contributed by atoms with Crippen LogP contribution in [0.2, 0.25) is 0 Å². The van der Waals surface area contributed by atoms with Crippen LogP contribution in [0.5, 0.6) is 5.75 Å². The second-order valence-corrected chi connectivity index (χ2v) is 9.63. The Hall–Kier alpha value is -2.94. The number of thiazole rings is 1. The van der Waals surface area contributed by atoms with Gasteiger partial charge in [-0.05, 0) is 43.9 Å². The number of piperidine rings is 1. The number of methoxy groups -OCH3 is 1. The number of primary amides is 1. The molecule has 0 radical (unpaired) electrons. The zero-order valence-electron chi connectivity index (χ0n) is 18.8.